The fourth-order valence-corrected chi connectivity index (χ4v) is 2.07. The van der Waals surface area contributed by atoms with Crippen LogP contribution in [-0.2, 0) is 0 Å². The monoisotopic (exact) mass is 338 g/mol. The van der Waals surface area contributed by atoms with E-state index in [2.05, 4.69) is 26.2 Å². The average Bonchev–Trinajstić information content (AvgIpc) is 2.39. The van der Waals surface area contributed by atoms with Gasteiger partial charge < -0.3 is 5.32 Å². The van der Waals surface area contributed by atoms with Gasteiger partial charge in [0.1, 0.15) is 10.8 Å². The summed E-state index contributed by atoms with van der Waals surface area (Å²) in [7, 11) is 0. The van der Waals surface area contributed by atoms with E-state index in [1.54, 1.807) is 18.2 Å². The van der Waals surface area contributed by atoms with Crippen molar-refractivity contribution < 1.29 is 4.79 Å². The number of nitrogens with zero attached hydrogens (tertiary/aromatic N) is 1. The molecule has 19 heavy (non-hydrogen) atoms. The predicted octanol–water partition coefficient (Wildman–Crippen LogP) is 3.99. The molecule has 0 saturated heterocycles. The van der Waals surface area contributed by atoms with E-state index >= 15 is 0 Å². The summed E-state index contributed by atoms with van der Waals surface area (Å²) < 4.78 is 1.01. The Labute approximate surface area is 125 Å². The van der Waals surface area contributed by atoms with Crippen LogP contribution >= 0.6 is 27.5 Å². The number of benzene rings is 1. The van der Waals surface area contributed by atoms with Crippen molar-refractivity contribution in [1.29, 1.82) is 0 Å². The van der Waals surface area contributed by atoms with Gasteiger partial charge in [0.25, 0.3) is 5.91 Å². The minimum atomic E-state index is -0.238. The number of pyridine rings is 1. The molecule has 0 aliphatic rings. The molecule has 0 radical (unpaired) electrons. The second kappa shape index (κ2) is 6.17. The summed E-state index contributed by atoms with van der Waals surface area (Å²) >= 11 is 9.14. The quantitative estimate of drug-likeness (QED) is 0.859. The van der Waals surface area contributed by atoms with Crippen molar-refractivity contribution in [3.8, 4) is 0 Å². The summed E-state index contributed by atoms with van der Waals surface area (Å²) in [4.78, 5) is 16.0. The van der Waals surface area contributed by atoms with Crippen LogP contribution in [0.15, 0.2) is 46.9 Å². The van der Waals surface area contributed by atoms with Crippen LogP contribution in [0.1, 0.15) is 29.0 Å². The highest BCUT2D eigenvalue weighted by Gasteiger charge is 2.12. The molecule has 1 atom stereocenters. The third-order valence-corrected chi connectivity index (χ3v) is 3.40. The number of carbonyl (C=O) groups is 1. The molecule has 3 nitrogen and oxygen atoms in total. The lowest BCUT2D eigenvalue weighted by atomic mass is 10.1. The first-order chi connectivity index (χ1) is 9.06. The van der Waals surface area contributed by atoms with E-state index in [0.29, 0.717) is 10.8 Å². The molecule has 0 saturated carbocycles. The summed E-state index contributed by atoms with van der Waals surface area (Å²) in [5, 5.41) is 3.19. The summed E-state index contributed by atoms with van der Waals surface area (Å²) in [5.41, 5.74) is 1.34. The predicted molar refractivity (Wildman–Crippen MR) is 79.3 cm³/mol. The maximum atomic E-state index is 12.0. The van der Waals surface area contributed by atoms with Crippen molar-refractivity contribution in [3.05, 3.63) is 63.3 Å². The zero-order chi connectivity index (χ0) is 13.8. The van der Waals surface area contributed by atoms with E-state index in [1.807, 2.05) is 31.2 Å². The maximum absolute atomic E-state index is 12.0. The third-order valence-electron chi connectivity index (χ3n) is 2.67. The van der Waals surface area contributed by atoms with Crippen molar-refractivity contribution in [2.45, 2.75) is 13.0 Å². The topological polar surface area (TPSA) is 42.0 Å². The van der Waals surface area contributed by atoms with Crippen LogP contribution in [0, 0.1) is 0 Å². The molecular weight excluding hydrogens is 328 g/mol. The molecule has 1 aromatic heterocycles. The number of rotatable bonds is 3. The van der Waals surface area contributed by atoms with Gasteiger partial charge in [-0.1, -0.05) is 45.7 Å². The van der Waals surface area contributed by atoms with Gasteiger partial charge in [-0.3, -0.25) is 4.79 Å². The Bertz CT molecular complexity index is 586. The van der Waals surface area contributed by atoms with Crippen LogP contribution in [0.4, 0.5) is 0 Å². The van der Waals surface area contributed by atoms with E-state index in [-0.39, 0.29) is 11.9 Å². The number of aromatic nitrogens is 1. The van der Waals surface area contributed by atoms with Crippen LogP contribution < -0.4 is 5.32 Å². The summed E-state index contributed by atoms with van der Waals surface area (Å²) in [6.07, 6.45) is 0. The number of hydrogen-bond acceptors (Lipinski definition) is 2. The van der Waals surface area contributed by atoms with Crippen molar-refractivity contribution in [1.82, 2.24) is 10.3 Å². The average molecular weight is 340 g/mol. The maximum Gasteiger partial charge on any atom is 0.270 e. The van der Waals surface area contributed by atoms with Gasteiger partial charge in [0, 0.05) is 4.47 Å². The Morgan fingerprint density at radius 2 is 1.95 bits per heavy atom. The first-order valence-electron chi connectivity index (χ1n) is 5.75. The molecular formula is C14H12BrClN2O. The molecule has 1 heterocycles. The fraction of sp³-hybridized carbons (Fsp3) is 0.143. The first kappa shape index (κ1) is 14.0. The van der Waals surface area contributed by atoms with Crippen LogP contribution in [0.3, 0.4) is 0 Å². The lowest BCUT2D eigenvalue weighted by molar-refractivity contribution is 0.0935. The molecule has 98 valence electrons. The molecule has 0 bridgehead atoms. The van der Waals surface area contributed by atoms with Crippen molar-refractivity contribution in [3.63, 3.8) is 0 Å². The minimum Gasteiger partial charge on any atom is -0.344 e. The zero-order valence-electron chi connectivity index (χ0n) is 10.2. The van der Waals surface area contributed by atoms with E-state index in [4.69, 9.17) is 11.6 Å². The van der Waals surface area contributed by atoms with Crippen LogP contribution in [-0.4, -0.2) is 10.9 Å². The molecule has 5 heteroatoms. The van der Waals surface area contributed by atoms with Crippen molar-refractivity contribution in [2.75, 3.05) is 0 Å². The standard InChI is InChI=1S/C14H12BrClN2O/c1-9(10-5-7-11(15)8-6-10)17-14(19)12-3-2-4-13(16)18-12/h2-9H,1H3,(H,17,19)/t9-/m1/s1. The van der Waals surface area contributed by atoms with Gasteiger partial charge in [0.2, 0.25) is 0 Å². The van der Waals surface area contributed by atoms with Gasteiger partial charge in [-0.25, -0.2) is 4.98 Å². The molecule has 0 fully saturated rings. The number of amides is 1. The number of halogens is 2. The summed E-state index contributed by atoms with van der Waals surface area (Å²) in [6.45, 7) is 1.92. The Morgan fingerprint density at radius 3 is 2.58 bits per heavy atom. The Balaban J connectivity index is 2.08. The van der Waals surface area contributed by atoms with Gasteiger partial charge in [0.15, 0.2) is 0 Å². The van der Waals surface area contributed by atoms with Gasteiger partial charge in [-0.2, -0.15) is 0 Å². The second-order valence-electron chi connectivity index (χ2n) is 4.09. The second-order valence-corrected chi connectivity index (χ2v) is 5.40. The van der Waals surface area contributed by atoms with E-state index in [9.17, 15) is 4.79 Å². The van der Waals surface area contributed by atoms with Crippen LogP contribution in [0.25, 0.3) is 0 Å². The molecule has 2 aromatic rings. The molecule has 0 unspecified atom stereocenters. The van der Waals surface area contributed by atoms with Gasteiger partial charge in [0.05, 0.1) is 6.04 Å². The van der Waals surface area contributed by atoms with Gasteiger partial charge in [-0.15, -0.1) is 0 Å². The van der Waals surface area contributed by atoms with Gasteiger partial charge >= 0.3 is 0 Å². The Kier molecular flexibility index (Phi) is 4.56. The molecule has 0 aliphatic heterocycles. The van der Waals surface area contributed by atoms with Crippen molar-refractivity contribution in [2.24, 2.45) is 0 Å². The molecule has 1 aromatic carbocycles. The zero-order valence-corrected chi connectivity index (χ0v) is 12.6. The smallest absolute Gasteiger partial charge is 0.270 e. The van der Waals surface area contributed by atoms with E-state index in [1.165, 1.54) is 0 Å². The Hall–Kier alpha value is -1.39. The molecule has 0 aliphatic carbocycles. The van der Waals surface area contributed by atoms with Crippen molar-refractivity contribution >= 4 is 33.4 Å². The van der Waals surface area contributed by atoms with Crippen LogP contribution in [0.2, 0.25) is 5.15 Å². The van der Waals surface area contributed by atoms with E-state index in [0.717, 1.165) is 10.0 Å². The molecule has 1 N–H and O–H groups in total. The van der Waals surface area contributed by atoms with Gasteiger partial charge in [-0.05, 0) is 36.8 Å². The largest absolute Gasteiger partial charge is 0.344 e. The first-order valence-corrected chi connectivity index (χ1v) is 6.92. The van der Waals surface area contributed by atoms with E-state index < -0.39 is 0 Å². The normalized spacial score (nSPS) is 11.9. The highest BCUT2D eigenvalue weighted by atomic mass is 79.9. The summed E-state index contributed by atoms with van der Waals surface area (Å²) in [6, 6.07) is 12.7. The third kappa shape index (κ3) is 3.78. The highest BCUT2D eigenvalue weighted by molar-refractivity contribution is 9.10. The summed E-state index contributed by atoms with van der Waals surface area (Å²) in [5.74, 6) is -0.238. The number of nitrogens with one attached hydrogen (secondary N) is 1. The fourth-order valence-electron chi connectivity index (χ4n) is 1.64. The SMILES string of the molecule is C[C@@H](NC(=O)c1cccc(Cl)n1)c1ccc(Br)cc1. The molecule has 0 spiro atoms. The molecule has 1 amide bonds. The lowest BCUT2D eigenvalue weighted by Crippen LogP contribution is -2.27. The number of hydrogen-bond donors (Lipinski definition) is 1. The molecule has 2 rings (SSSR count). The highest BCUT2D eigenvalue weighted by Crippen LogP contribution is 2.17. The minimum absolute atomic E-state index is 0.0959. The lowest BCUT2D eigenvalue weighted by Gasteiger charge is -2.14. The van der Waals surface area contributed by atoms with Crippen LogP contribution in [0.5, 0.6) is 0 Å². The Morgan fingerprint density at radius 1 is 1.26 bits per heavy atom. The number of carbonyl (C=O) groups excluding carboxylic acids is 1.